The van der Waals surface area contributed by atoms with Crippen molar-refractivity contribution < 1.29 is 22.7 Å². The topological polar surface area (TPSA) is 96.0 Å². The summed E-state index contributed by atoms with van der Waals surface area (Å²) in [6.45, 7) is 1.50. The molecule has 1 fully saturated rings. The summed E-state index contributed by atoms with van der Waals surface area (Å²) in [5.74, 6) is -0.100. The van der Waals surface area contributed by atoms with Crippen molar-refractivity contribution in [1.82, 2.24) is 10.2 Å². The summed E-state index contributed by atoms with van der Waals surface area (Å²) in [5, 5.41) is 3.18. The Morgan fingerprint density at radius 1 is 1.00 bits per heavy atom. The minimum Gasteiger partial charge on any atom is -0.497 e. The first-order valence-electron chi connectivity index (χ1n) is 14.1. The van der Waals surface area contributed by atoms with Crippen molar-refractivity contribution in [1.29, 1.82) is 0 Å². The fourth-order valence-electron chi connectivity index (χ4n) is 5.29. The Kier molecular flexibility index (Phi) is 10.7. The molecule has 2 amide bonds. The number of benzene rings is 3. The van der Waals surface area contributed by atoms with E-state index in [9.17, 15) is 18.0 Å². The lowest BCUT2D eigenvalue weighted by molar-refractivity contribution is -0.140. The van der Waals surface area contributed by atoms with Crippen molar-refractivity contribution in [2.45, 2.75) is 57.7 Å². The quantitative estimate of drug-likeness (QED) is 0.288. The second-order valence-corrected chi connectivity index (χ2v) is 13.5. The second kappa shape index (κ2) is 14.2. The van der Waals surface area contributed by atoms with Crippen molar-refractivity contribution in [3.63, 3.8) is 0 Å². The maximum atomic E-state index is 14.3. The van der Waals surface area contributed by atoms with Gasteiger partial charge in [-0.1, -0.05) is 71.2 Å². The number of nitrogens with one attached hydrogen (secondary N) is 1. The summed E-state index contributed by atoms with van der Waals surface area (Å²) < 4.78 is 33.3. The molecule has 1 N–H and O–H groups in total. The van der Waals surface area contributed by atoms with Gasteiger partial charge in [0.15, 0.2) is 0 Å². The Morgan fingerprint density at radius 3 is 2.33 bits per heavy atom. The van der Waals surface area contributed by atoms with E-state index in [1.807, 2.05) is 61.5 Å². The van der Waals surface area contributed by atoms with Gasteiger partial charge >= 0.3 is 0 Å². The molecule has 0 heterocycles. The molecule has 0 aromatic heterocycles. The van der Waals surface area contributed by atoms with E-state index in [4.69, 9.17) is 4.74 Å². The molecule has 4 rings (SSSR count). The van der Waals surface area contributed by atoms with Crippen LogP contribution in [0.4, 0.5) is 5.69 Å². The zero-order valence-corrected chi connectivity index (χ0v) is 26.7. The van der Waals surface area contributed by atoms with Crippen LogP contribution in [-0.2, 0) is 32.6 Å². The molecule has 0 aliphatic heterocycles. The minimum absolute atomic E-state index is 0.0582. The Hall–Kier alpha value is -3.37. The Morgan fingerprint density at radius 2 is 1.69 bits per heavy atom. The number of methoxy groups -OCH3 is 1. The van der Waals surface area contributed by atoms with Gasteiger partial charge in [-0.2, -0.15) is 0 Å². The fourth-order valence-corrected chi connectivity index (χ4v) is 6.37. The highest BCUT2D eigenvalue weighted by atomic mass is 79.9. The van der Waals surface area contributed by atoms with Gasteiger partial charge in [0.1, 0.15) is 18.3 Å². The summed E-state index contributed by atoms with van der Waals surface area (Å²) in [6, 6.07) is 21.2. The zero-order chi connectivity index (χ0) is 30.3. The first kappa shape index (κ1) is 31.6. The van der Waals surface area contributed by atoms with Crippen LogP contribution in [0.25, 0.3) is 0 Å². The number of ether oxygens (including phenoxy) is 1. The van der Waals surface area contributed by atoms with Crippen molar-refractivity contribution in [2.24, 2.45) is 0 Å². The van der Waals surface area contributed by atoms with Gasteiger partial charge in [0.25, 0.3) is 0 Å². The lowest BCUT2D eigenvalue weighted by Crippen LogP contribution is -2.54. The number of sulfonamides is 1. The molecular formula is C32H38BrN3O5S. The molecule has 0 saturated heterocycles. The third-order valence-corrected chi connectivity index (χ3v) is 9.60. The van der Waals surface area contributed by atoms with Crippen molar-refractivity contribution in [3.8, 4) is 5.75 Å². The maximum Gasteiger partial charge on any atom is 0.244 e. The number of anilines is 1. The zero-order valence-electron chi connectivity index (χ0n) is 24.3. The molecule has 0 bridgehead atoms. The molecule has 1 aliphatic carbocycles. The molecule has 10 heteroatoms. The van der Waals surface area contributed by atoms with Gasteiger partial charge in [-0.3, -0.25) is 13.9 Å². The molecule has 0 spiro atoms. The van der Waals surface area contributed by atoms with Gasteiger partial charge < -0.3 is 15.0 Å². The number of halogens is 1. The number of carbonyl (C=O) groups excluding carboxylic acids is 2. The lowest BCUT2D eigenvalue weighted by atomic mass is 10.0. The van der Waals surface area contributed by atoms with Crippen LogP contribution >= 0.6 is 15.9 Å². The highest BCUT2D eigenvalue weighted by molar-refractivity contribution is 9.10. The first-order chi connectivity index (χ1) is 20.0. The smallest absolute Gasteiger partial charge is 0.244 e. The fraction of sp³-hybridized carbons (Fsp3) is 0.375. The maximum absolute atomic E-state index is 14.3. The van der Waals surface area contributed by atoms with Crippen LogP contribution in [0.5, 0.6) is 5.75 Å². The lowest BCUT2D eigenvalue weighted by Gasteiger charge is -2.34. The van der Waals surface area contributed by atoms with Crippen LogP contribution in [-0.4, -0.2) is 57.1 Å². The van der Waals surface area contributed by atoms with E-state index < -0.39 is 28.5 Å². The number of amides is 2. The summed E-state index contributed by atoms with van der Waals surface area (Å²) in [7, 11) is -2.26. The van der Waals surface area contributed by atoms with E-state index in [1.54, 1.807) is 25.3 Å². The van der Waals surface area contributed by atoms with E-state index in [0.717, 1.165) is 57.4 Å². The van der Waals surface area contributed by atoms with Crippen molar-refractivity contribution in [2.75, 3.05) is 24.2 Å². The van der Waals surface area contributed by atoms with Crippen LogP contribution in [0, 0.1) is 6.92 Å². The normalized spacial score (nSPS) is 14.3. The third-order valence-electron chi connectivity index (χ3n) is 7.57. The average Bonchev–Trinajstić information content (AvgIpc) is 3.48. The minimum atomic E-state index is -3.83. The molecule has 0 unspecified atom stereocenters. The molecule has 1 atom stereocenters. The SMILES string of the molecule is COc1cccc(CN(C(=O)CN(c2ccc(Br)c(C)c2)S(C)(=O)=O)[C@H](Cc2ccccc2)C(=O)NC2CCCC2)c1. The number of aryl methyl sites for hydroxylation is 1. The highest BCUT2D eigenvalue weighted by Gasteiger charge is 2.34. The van der Waals surface area contributed by atoms with Crippen molar-refractivity contribution in [3.05, 3.63) is 94.0 Å². The largest absolute Gasteiger partial charge is 0.497 e. The predicted molar refractivity (Wildman–Crippen MR) is 169 cm³/mol. The summed E-state index contributed by atoms with van der Waals surface area (Å²) in [6.07, 6.45) is 5.27. The molecule has 1 aliphatic rings. The highest BCUT2D eigenvalue weighted by Crippen LogP contribution is 2.26. The Labute approximate surface area is 257 Å². The number of hydrogen-bond donors (Lipinski definition) is 1. The molecule has 42 heavy (non-hydrogen) atoms. The van der Waals surface area contributed by atoms with E-state index >= 15 is 0 Å². The van der Waals surface area contributed by atoms with Gasteiger partial charge in [0.05, 0.1) is 19.1 Å². The summed E-state index contributed by atoms with van der Waals surface area (Å²) in [5.41, 5.74) is 2.87. The first-order valence-corrected chi connectivity index (χ1v) is 16.7. The van der Waals surface area contributed by atoms with Crippen molar-refractivity contribution >= 4 is 43.5 Å². The molecular weight excluding hydrogens is 618 g/mol. The van der Waals surface area contributed by atoms with E-state index in [-0.39, 0.29) is 24.9 Å². The molecule has 224 valence electrons. The number of nitrogens with zero attached hydrogens (tertiary/aromatic N) is 2. The van der Waals surface area contributed by atoms with Crippen LogP contribution in [0.2, 0.25) is 0 Å². The van der Waals surface area contributed by atoms with Gasteiger partial charge in [-0.05, 0) is 66.8 Å². The molecule has 0 radical (unpaired) electrons. The summed E-state index contributed by atoms with van der Waals surface area (Å²) in [4.78, 5) is 29.7. The standard InChI is InChI=1S/C32H38BrN3O5S/c1-23-18-27(16-17-29(23)33)36(42(3,39)40)22-31(37)35(21-25-12-9-15-28(19-25)41-2)30(20-24-10-5-4-6-11-24)32(38)34-26-13-7-8-14-26/h4-6,9-12,15-19,26,30H,7-8,13-14,20-22H2,1-3H3,(H,34,38)/t30-/m1/s1. The monoisotopic (exact) mass is 655 g/mol. The van der Waals surface area contributed by atoms with E-state index in [1.165, 1.54) is 4.90 Å². The van der Waals surface area contributed by atoms with E-state index in [2.05, 4.69) is 21.2 Å². The van der Waals surface area contributed by atoms with Crippen LogP contribution in [0.1, 0.15) is 42.4 Å². The van der Waals surface area contributed by atoms with Crippen LogP contribution in [0.3, 0.4) is 0 Å². The second-order valence-electron chi connectivity index (χ2n) is 10.8. The molecule has 3 aromatic carbocycles. The van der Waals surface area contributed by atoms with Gasteiger partial charge in [0.2, 0.25) is 21.8 Å². The molecule has 1 saturated carbocycles. The Bertz CT molecular complexity index is 1490. The Balaban J connectivity index is 1.74. The third kappa shape index (κ3) is 8.35. The van der Waals surface area contributed by atoms with Crippen LogP contribution in [0.15, 0.2) is 77.3 Å². The van der Waals surface area contributed by atoms with E-state index in [0.29, 0.717) is 11.4 Å². The predicted octanol–water partition coefficient (Wildman–Crippen LogP) is 5.23. The summed E-state index contributed by atoms with van der Waals surface area (Å²) >= 11 is 3.46. The van der Waals surface area contributed by atoms with Gasteiger partial charge in [0, 0.05) is 23.5 Å². The molecule has 8 nitrogen and oxygen atoms in total. The average molecular weight is 657 g/mol. The number of carbonyl (C=O) groups is 2. The van der Waals surface area contributed by atoms with Gasteiger partial charge in [-0.25, -0.2) is 8.42 Å². The van der Waals surface area contributed by atoms with Gasteiger partial charge in [-0.15, -0.1) is 0 Å². The number of rotatable bonds is 12. The van der Waals surface area contributed by atoms with Crippen LogP contribution < -0.4 is 14.4 Å². The number of hydrogen-bond acceptors (Lipinski definition) is 5. The molecule has 3 aromatic rings.